The average molecular weight is 250 g/mol. The van der Waals surface area contributed by atoms with Crippen molar-refractivity contribution in [1.82, 2.24) is 0 Å². The molecular formula is C10H18O5S. The number of hydrogen-bond acceptors (Lipinski definition) is 5. The third kappa shape index (κ3) is 23.1. The van der Waals surface area contributed by atoms with Crippen molar-refractivity contribution in [1.29, 1.82) is 0 Å². The fraction of sp³-hybridized carbons (Fsp3) is 0.600. The fourth-order valence-electron chi connectivity index (χ4n) is 0.520. The Hall–Kier alpha value is -1.01. The maximum absolute atomic E-state index is 10.7. The van der Waals surface area contributed by atoms with Gasteiger partial charge in [-0.2, -0.15) is 0 Å². The van der Waals surface area contributed by atoms with Gasteiger partial charge in [-0.15, -0.1) is 12.6 Å². The lowest BCUT2D eigenvalue weighted by molar-refractivity contribution is -0.148. The molecule has 0 amide bonds. The first-order chi connectivity index (χ1) is 7.40. The monoisotopic (exact) mass is 250 g/mol. The van der Waals surface area contributed by atoms with E-state index in [0.717, 1.165) is 4.91 Å². The normalized spacial score (nSPS) is 8.69. The molecule has 1 N–H and O–H groups in total. The van der Waals surface area contributed by atoms with Gasteiger partial charge in [0.15, 0.2) is 0 Å². The van der Waals surface area contributed by atoms with Crippen LogP contribution in [-0.4, -0.2) is 37.4 Å². The lowest BCUT2D eigenvalue weighted by atomic mass is 10.3. The molecule has 94 valence electrons. The zero-order valence-electron chi connectivity index (χ0n) is 9.56. The molecule has 0 aromatic carbocycles. The number of carbonyl (C=O) groups is 2. The number of esters is 1. The highest BCUT2D eigenvalue weighted by atomic mass is 32.1. The van der Waals surface area contributed by atoms with E-state index in [0.29, 0.717) is 6.61 Å². The van der Waals surface area contributed by atoms with E-state index in [1.165, 1.54) is 7.11 Å². The zero-order chi connectivity index (χ0) is 13.0. The SMILES string of the molecule is C=C(C)S.COCCOC(=O)CCC(=O)O. The van der Waals surface area contributed by atoms with Crippen molar-refractivity contribution in [2.24, 2.45) is 0 Å². The molecule has 5 nitrogen and oxygen atoms in total. The van der Waals surface area contributed by atoms with E-state index in [4.69, 9.17) is 5.11 Å². The minimum Gasteiger partial charge on any atom is -0.481 e. The summed E-state index contributed by atoms with van der Waals surface area (Å²) in [4.78, 5) is 21.5. The van der Waals surface area contributed by atoms with Gasteiger partial charge in [0.2, 0.25) is 0 Å². The van der Waals surface area contributed by atoms with Crippen molar-refractivity contribution >= 4 is 24.6 Å². The molecule has 0 saturated carbocycles. The van der Waals surface area contributed by atoms with Gasteiger partial charge in [0.1, 0.15) is 6.61 Å². The molecule has 0 aromatic heterocycles. The first-order valence-corrected chi connectivity index (χ1v) is 5.05. The van der Waals surface area contributed by atoms with Gasteiger partial charge in [0, 0.05) is 7.11 Å². The lowest BCUT2D eigenvalue weighted by Crippen LogP contribution is -2.10. The van der Waals surface area contributed by atoms with Crippen molar-refractivity contribution in [3.63, 3.8) is 0 Å². The van der Waals surface area contributed by atoms with Crippen LogP contribution >= 0.6 is 12.6 Å². The number of carboxylic acids is 1. The van der Waals surface area contributed by atoms with Crippen molar-refractivity contribution in [3.05, 3.63) is 11.5 Å². The van der Waals surface area contributed by atoms with Gasteiger partial charge in [-0.3, -0.25) is 9.59 Å². The Kier molecular flexibility index (Phi) is 13.1. The van der Waals surface area contributed by atoms with Gasteiger partial charge in [-0.05, 0) is 11.8 Å². The molecule has 0 aromatic rings. The van der Waals surface area contributed by atoms with Crippen molar-refractivity contribution in [3.8, 4) is 0 Å². The van der Waals surface area contributed by atoms with Crippen LogP contribution in [0.3, 0.4) is 0 Å². The summed E-state index contributed by atoms with van der Waals surface area (Å²) in [6.45, 7) is 5.76. The topological polar surface area (TPSA) is 72.8 Å². The molecule has 0 aliphatic heterocycles. The molecule has 0 spiro atoms. The molecule has 0 saturated heterocycles. The van der Waals surface area contributed by atoms with E-state index in [9.17, 15) is 9.59 Å². The van der Waals surface area contributed by atoms with Gasteiger partial charge in [0.25, 0.3) is 0 Å². The average Bonchev–Trinajstić information content (AvgIpc) is 2.14. The van der Waals surface area contributed by atoms with Crippen molar-refractivity contribution < 1.29 is 24.2 Å². The van der Waals surface area contributed by atoms with Crippen molar-refractivity contribution in [2.45, 2.75) is 19.8 Å². The van der Waals surface area contributed by atoms with Crippen LogP contribution in [0, 0.1) is 0 Å². The second-order valence-corrected chi connectivity index (χ2v) is 3.61. The van der Waals surface area contributed by atoms with E-state index in [-0.39, 0.29) is 19.4 Å². The smallest absolute Gasteiger partial charge is 0.306 e. The Morgan fingerprint density at radius 3 is 2.19 bits per heavy atom. The van der Waals surface area contributed by atoms with Gasteiger partial charge in [0.05, 0.1) is 19.4 Å². The second kappa shape index (κ2) is 12.1. The minimum absolute atomic E-state index is 0.0843. The van der Waals surface area contributed by atoms with Gasteiger partial charge >= 0.3 is 11.9 Å². The maximum Gasteiger partial charge on any atom is 0.306 e. The molecule has 6 heteroatoms. The molecule has 0 aliphatic rings. The molecule has 0 aliphatic carbocycles. The highest BCUT2D eigenvalue weighted by molar-refractivity contribution is 7.84. The third-order valence-corrected chi connectivity index (χ3v) is 1.09. The van der Waals surface area contributed by atoms with Gasteiger partial charge in [-0.25, -0.2) is 0 Å². The first kappa shape index (κ1) is 17.4. The van der Waals surface area contributed by atoms with E-state index >= 15 is 0 Å². The van der Waals surface area contributed by atoms with Gasteiger partial charge < -0.3 is 14.6 Å². The van der Waals surface area contributed by atoms with E-state index < -0.39 is 11.9 Å². The minimum atomic E-state index is -1.00. The summed E-state index contributed by atoms with van der Waals surface area (Å²) >= 11 is 3.77. The number of hydrogen-bond donors (Lipinski definition) is 2. The molecule has 0 rings (SSSR count). The number of methoxy groups -OCH3 is 1. The second-order valence-electron chi connectivity index (χ2n) is 2.84. The number of carboxylic acid groups (broad SMARTS) is 1. The van der Waals surface area contributed by atoms with E-state index in [2.05, 4.69) is 28.7 Å². The van der Waals surface area contributed by atoms with Crippen LogP contribution in [-0.2, 0) is 19.1 Å². The number of allylic oxidation sites excluding steroid dienone is 1. The van der Waals surface area contributed by atoms with E-state index in [1.54, 1.807) is 0 Å². The Balaban J connectivity index is 0. The summed E-state index contributed by atoms with van der Waals surface area (Å²) in [5.41, 5.74) is 0. The zero-order valence-corrected chi connectivity index (χ0v) is 10.5. The van der Waals surface area contributed by atoms with Crippen LogP contribution in [0.1, 0.15) is 19.8 Å². The standard InChI is InChI=1S/C7H12O5.C3H6S/c1-11-4-5-12-7(10)3-2-6(8)9;1-3(2)4/h2-5H2,1H3,(H,8,9);4H,1H2,2H3. The largest absolute Gasteiger partial charge is 0.481 e. The molecule has 0 heterocycles. The summed E-state index contributed by atoms with van der Waals surface area (Å²) in [6.07, 6.45) is -0.273. The Bertz CT molecular complexity index is 223. The fourth-order valence-corrected chi connectivity index (χ4v) is 0.520. The highest BCUT2D eigenvalue weighted by Crippen LogP contribution is 1.92. The molecule has 0 radical (unpaired) electrons. The molecule has 0 atom stereocenters. The van der Waals surface area contributed by atoms with Crippen LogP contribution < -0.4 is 0 Å². The third-order valence-electron chi connectivity index (χ3n) is 1.09. The van der Waals surface area contributed by atoms with Crippen LogP contribution in [0.15, 0.2) is 11.5 Å². The molecular weight excluding hydrogens is 232 g/mol. The molecule has 0 bridgehead atoms. The van der Waals surface area contributed by atoms with E-state index in [1.807, 2.05) is 6.92 Å². The van der Waals surface area contributed by atoms with Crippen LogP contribution in [0.2, 0.25) is 0 Å². The number of ether oxygens (including phenoxy) is 2. The summed E-state index contributed by atoms with van der Waals surface area (Å²) in [5.74, 6) is -1.51. The Labute approximate surface area is 101 Å². The number of thiol groups is 1. The quantitative estimate of drug-likeness (QED) is 0.424. The predicted octanol–water partition coefficient (Wildman–Crippen LogP) is 1.49. The summed E-state index contributed by atoms with van der Waals surface area (Å²) in [7, 11) is 1.49. The summed E-state index contributed by atoms with van der Waals surface area (Å²) in [5, 5.41) is 8.20. The summed E-state index contributed by atoms with van der Waals surface area (Å²) < 4.78 is 9.23. The number of aliphatic carboxylic acids is 1. The Morgan fingerprint density at radius 2 is 1.81 bits per heavy atom. The highest BCUT2D eigenvalue weighted by Gasteiger charge is 2.05. The van der Waals surface area contributed by atoms with Crippen molar-refractivity contribution in [2.75, 3.05) is 20.3 Å². The molecule has 16 heavy (non-hydrogen) atoms. The lowest BCUT2D eigenvalue weighted by Gasteiger charge is -2.01. The maximum atomic E-state index is 10.7. The molecule has 0 fully saturated rings. The van der Waals surface area contributed by atoms with Crippen LogP contribution in [0.25, 0.3) is 0 Å². The Morgan fingerprint density at radius 1 is 1.31 bits per heavy atom. The first-order valence-electron chi connectivity index (χ1n) is 4.61. The van der Waals surface area contributed by atoms with Crippen LogP contribution in [0.4, 0.5) is 0 Å². The summed E-state index contributed by atoms with van der Waals surface area (Å²) in [6, 6.07) is 0. The number of rotatable bonds is 6. The van der Waals surface area contributed by atoms with Crippen LogP contribution in [0.5, 0.6) is 0 Å². The van der Waals surface area contributed by atoms with Gasteiger partial charge in [-0.1, -0.05) is 6.58 Å². The molecule has 0 unspecified atom stereocenters. The predicted molar refractivity (Wildman–Crippen MR) is 63.5 cm³/mol. The number of carbonyl (C=O) groups excluding carboxylic acids is 1.